The molecule has 2 aromatic rings. The minimum absolute atomic E-state index is 0.777. The van der Waals surface area contributed by atoms with Gasteiger partial charge >= 0.3 is 0 Å². The normalized spacial score (nSPS) is 14.9. The summed E-state index contributed by atoms with van der Waals surface area (Å²) in [6, 6.07) is 9.73. The highest BCUT2D eigenvalue weighted by Gasteiger charge is 2.19. The van der Waals surface area contributed by atoms with E-state index >= 15 is 0 Å². The Morgan fingerprint density at radius 2 is 1.95 bits per heavy atom. The third kappa shape index (κ3) is 4.13. The highest BCUT2D eigenvalue weighted by atomic mass is 32.1. The van der Waals surface area contributed by atoms with Gasteiger partial charge in [0.15, 0.2) is 0 Å². The molecule has 0 saturated heterocycles. The van der Waals surface area contributed by atoms with Gasteiger partial charge < -0.3 is 5.32 Å². The van der Waals surface area contributed by atoms with Crippen molar-refractivity contribution in [2.24, 2.45) is 0 Å². The second-order valence-electron chi connectivity index (χ2n) is 5.62. The Labute approximate surface area is 124 Å². The van der Waals surface area contributed by atoms with E-state index in [0.717, 1.165) is 31.4 Å². The van der Waals surface area contributed by atoms with Gasteiger partial charge in [-0.3, -0.25) is 4.90 Å². The first-order valence-corrected chi connectivity index (χ1v) is 8.11. The number of nitrogens with one attached hydrogen (secondary N) is 1. The highest BCUT2D eigenvalue weighted by molar-refractivity contribution is 7.07. The van der Waals surface area contributed by atoms with Crippen LogP contribution in [0.3, 0.4) is 0 Å². The monoisotopic (exact) mass is 287 g/mol. The largest absolute Gasteiger partial charge is 0.310 e. The number of nitrogens with zero attached hydrogens (tertiary/aromatic N) is 2. The Morgan fingerprint density at radius 3 is 2.60 bits per heavy atom. The second-order valence-corrected chi connectivity index (χ2v) is 6.34. The van der Waals surface area contributed by atoms with Crippen molar-refractivity contribution in [2.75, 3.05) is 7.05 Å². The molecule has 0 spiro atoms. The summed E-state index contributed by atoms with van der Waals surface area (Å²) < 4.78 is 0. The molecular formula is C16H21N3S. The van der Waals surface area contributed by atoms with Crippen molar-refractivity contribution in [3.05, 3.63) is 52.0 Å². The standard InChI is InChI=1S/C16H21N3S/c1-19(10-16-11-20-12-18-16)9-14-4-2-13(3-5-14)8-17-15-6-7-15/h2-5,11-12,15,17H,6-10H2,1H3. The zero-order valence-electron chi connectivity index (χ0n) is 11.9. The third-order valence-corrected chi connectivity index (χ3v) is 4.20. The predicted molar refractivity (Wildman–Crippen MR) is 83.6 cm³/mol. The van der Waals surface area contributed by atoms with Crippen LogP contribution in [0.1, 0.15) is 29.7 Å². The van der Waals surface area contributed by atoms with Gasteiger partial charge in [0.1, 0.15) is 0 Å². The first kappa shape index (κ1) is 13.7. The molecule has 0 atom stereocenters. The average molecular weight is 287 g/mol. The molecule has 0 radical (unpaired) electrons. The van der Waals surface area contributed by atoms with Gasteiger partial charge in [-0.25, -0.2) is 4.98 Å². The molecule has 1 aliphatic rings. The molecular weight excluding hydrogens is 266 g/mol. The maximum Gasteiger partial charge on any atom is 0.0795 e. The van der Waals surface area contributed by atoms with Crippen LogP contribution in [0.5, 0.6) is 0 Å². The molecule has 1 heterocycles. The molecule has 4 heteroatoms. The van der Waals surface area contributed by atoms with E-state index in [-0.39, 0.29) is 0 Å². The molecule has 1 saturated carbocycles. The Bertz CT molecular complexity index is 517. The number of aromatic nitrogens is 1. The second kappa shape index (κ2) is 6.48. The van der Waals surface area contributed by atoms with Crippen LogP contribution in [0.25, 0.3) is 0 Å². The van der Waals surface area contributed by atoms with Gasteiger partial charge in [0.2, 0.25) is 0 Å². The quantitative estimate of drug-likeness (QED) is 0.848. The van der Waals surface area contributed by atoms with E-state index in [1.807, 2.05) is 5.51 Å². The van der Waals surface area contributed by atoms with Crippen molar-refractivity contribution in [1.29, 1.82) is 0 Å². The summed E-state index contributed by atoms with van der Waals surface area (Å²) in [5, 5.41) is 5.66. The van der Waals surface area contributed by atoms with E-state index in [0.29, 0.717) is 0 Å². The van der Waals surface area contributed by atoms with Gasteiger partial charge in [-0.05, 0) is 31.0 Å². The molecule has 3 nitrogen and oxygen atoms in total. The molecule has 1 N–H and O–H groups in total. The summed E-state index contributed by atoms with van der Waals surface area (Å²) in [5.74, 6) is 0. The molecule has 0 amide bonds. The van der Waals surface area contributed by atoms with Crippen LogP contribution in [0, 0.1) is 0 Å². The van der Waals surface area contributed by atoms with Gasteiger partial charge in [0, 0.05) is 31.1 Å². The topological polar surface area (TPSA) is 28.2 Å². The molecule has 106 valence electrons. The van der Waals surface area contributed by atoms with Crippen LogP contribution in [0.2, 0.25) is 0 Å². The Balaban J connectivity index is 1.48. The molecule has 1 fully saturated rings. The van der Waals surface area contributed by atoms with Gasteiger partial charge in [-0.1, -0.05) is 24.3 Å². The first-order chi connectivity index (χ1) is 9.79. The molecule has 1 aliphatic carbocycles. The lowest BCUT2D eigenvalue weighted by atomic mass is 10.1. The highest BCUT2D eigenvalue weighted by Crippen LogP contribution is 2.19. The lowest BCUT2D eigenvalue weighted by Crippen LogP contribution is -2.18. The van der Waals surface area contributed by atoms with Crippen molar-refractivity contribution >= 4 is 11.3 Å². The predicted octanol–water partition coefficient (Wildman–Crippen LogP) is 3.03. The molecule has 0 bridgehead atoms. The summed E-state index contributed by atoms with van der Waals surface area (Å²) >= 11 is 1.66. The fourth-order valence-electron chi connectivity index (χ4n) is 2.27. The van der Waals surface area contributed by atoms with E-state index < -0.39 is 0 Å². The van der Waals surface area contributed by atoms with Crippen molar-refractivity contribution in [2.45, 2.75) is 38.5 Å². The summed E-state index contributed by atoms with van der Waals surface area (Å²) in [6.07, 6.45) is 2.69. The van der Waals surface area contributed by atoms with Crippen molar-refractivity contribution < 1.29 is 0 Å². The number of hydrogen-bond donors (Lipinski definition) is 1. The third-order valence-electron chi connectivity index (χ3n) is 3.56. The fourth-order valence-corrected chi connectivity index (χ4v) is 2.82. The number of hydrogen-bond acceptors (Lipinski definition) is 4. The van der Waals surface area contributed by atoms with Crippen LogP contribution in [-0.4, -0.2) is 23.0 Å². The Hall–Kier alpha value is -1.23. The fraction of sp³-hybridized carbons (Fsp3) is 0.438. The molecule has 0 unspecified atom stereocenters. The minimum atomic E-state index is 0.777. The Kier molecular flexibility index (Phi) is 4.45. The lowest BCUT2D eigenvalue weighted by molar-refractivity contribution is 0.316. The molecule has 20 heavy (non-hydrogen) atoms. The molecule has 0 aliphatic heterocycles. The first-order valence-electron chi connectivity index (χ1n) is 7.16. The maximum atomic E-state index is 4.33. The Morgan fingerprint density at radius 1 is 1.20 bits per heavy atom. The SMILES string of the molecule is CN(Cc1ccc(CNC2CC2)cc1)Cc1cscn1. The van der Waals surface area contributed by atoms with E-state index in [1.165, 1.54) is 24.0 Å². The zero-order valence-corrected chi connectivity index (χ0v) is 12.7. The van der Waals surface area contributed by atoms with Crippen LogP contribution >= 0.6 is 11.3 Å². The van der Waals surface area contributed by atoms with Crippen molar-refractivity contribution in [1.82, 2.24) is 15.2 Å². The molecule has 3 rings (SSSR count). The summed E-state index contributed by atoms with van der Waals surface area (Å²) in [6.45, 7) is 2.88. The van der Waals surface area contributed by atoms with E-state index in [2.05, 4.69) is 51.9 Å². The number of rotatable bonds is 7. The summed E-state index contributed by atoms with van der Waals surface area (Å²) in [4.78, 5) is 6.63. The van der Waals surface area contributed by atoms with Gasteiger partial charge in [-0.2, -0.15) is 0 Å². The number of thiazole rings is 1. The van der Waals surface area contributed by atoms with Gasteiger partial charge in [0.25, 0.3) is 0 Å². The van der Waals surface area contributed by atoms with Crippen LogP contribution in [0.15, 0.2) is 35.2 Å². The van der Waals surface area contributed by atoms with Crippen LogP contribution in [-0.2, 0) is 19.6 Å². The smallest absolute Gasteiger partial charge is 0.0795 e. The minimum Gasteiger partial charge on any atom is -0.310 e. The average Bonchev–Trinajstić information content (AvgIpc) is 3.14. The molecule has 1 aromatic carbocycles. The lowest BCUT2D eigenvalue weighted by Gasteiger charge is -2.15. The van der Waals surface area contributed by atoms with Crippen LogP contribution in [0.4, 0.5) is 0 Å². The van der Waals surface area contributed by atoms with Crippen molar-refractivity contribution in [3.63, 3.8) is 0 Å². The van der Waals surface area contributed by atoms with Gasteiger partial charge in [-0.15, -0.1) is 11.3 Å². The number of benzene rings is 1. The zero-order chi connectivity index (χ0) is 13.8. The summed E-state index contributed by atoms with van der Waals surface area (Å²) in [7, 11) is 2.14. The van der Waals surface area contributed by atoms with E-state index in [4.69, 9.17) is 0 Å². The van der Waals surface area contributed by atoms with E-state index in [1.54, 1.807) is 11.3 Å². The van der Waals surface area contributed by atoms with Crippen molar-refractivity contribution in [3.8, 4) is 0 Å². The van der Waals surface area contributed by atoms with Crippen LogP contribution < -0.4 is 5.32 Å². The summed E-state index contributed by atoms with van der Waals surface area (Å²) in [5.41, 5.74) is 5.79. The molecule has 1 aromatic heterocycles. The maximum absolute atomic E-state index is 4.33. The van der Waals surface area contributed by atoms with E-state index in [9.17, 15) is 0 Å². The van der Waals surface area contributed by atoms with Gasteiger partial charge in [0.05, 0.1) is 11.2 Å².